The van der Waals surface area contributed by atoms with E-state index in [0.717, 1.165) is 16.6 Å². The molecule has 0 bridgehead atoms. The predicted molar refractivity (Wildman–Crippen MR) is 174 cm³/mol. The minimum absolute atomic E-state index is 0.0228. The van der Waals surface area contributed by atoms with E-state index < -0.39 is 11.8 Å². The summed E-state index contributed by atoms with van der Waals surface area (Å²) >= 11 is 13.2. The largest absolute Gasteiger partial charge is 0.496 e. The van der Waals surface area contributed by atoms with Gasteiger partial charge in [-0.3, -0.25) is 9.59 Å². The van der Waals surface area contributed by atoms with Crippen molar-refractivity contribution in [3.63, 3.8) is 0 Å². The molecule has 0 radical (unpaired) electrons. The van der Waals surface area contributed by atoms with E-state index in [4.69, 9.17) is 32.7 Å². The number of rotatable bonds is 10. The number of nitrogens with one attached hydrogen (secondary N) is 3. The third-order valence-corrected chi connectivity index (χ3v) is 7.40. The first-order valence-electron chi connectivity index (χ1n) is 13.5. The average Bonchev–Trinajstić information content (AvgIpc) is 3.02. The summed E-state index contributed by atoms with van der Waals surface area (Å²) in [5, 5.41) is 9.12. The van der Waals surface area contributed by atoms with Crippen LogP contribution < -0.4 is 30.3 Å². The van der Waals surface area contributed by atoms with Crippen LogP contribution >= 0.6 is 23.2 Å². The van der Waals surface area contributed by atoms with Crippen molar-refractivity contribution in [2.24, 2.45) is 0 Å². The molecule has 228 valence electrons. The highest BCUT2D eigenvalue weighted by molar-refractivity contribution is 6.38. The second-order valence-corrected chi connectivity index (χ2v) is 10.4. The number of pyridine rings is 1. The third kappa shape index (κ3) is 7.77. The summed E-state index contributed by atoms with van der Waals surface area (Å²) in [5.74, 6) is 0.364. The molecule has 0 aliphatic carbocycles. The van der Waals surface area contributed by atoms with E-state index in [-0.39, 0.29) is 24.2 Å². The zero-order chi connectivity index (χ0) is 31.8. The number of nitrogens with zero attached hydrogens (tertiary/aromatic N) is 2. The Morgan fingerprint density at radius 3 is 2.48 bits per heavy atom. The van der Waals surface area contributed by atoms with E-state index in [9.17, 15) is 14.4 Å². The zero-order valence-corrected chi connectivity index (χ0v) is 26.0. The highest BCUT2D eigenvalue weighted by atomic mass is 35.5. The number of ether oxygens (including phenoxy) is 2. The van der Waals surface area contributed by atoms with Crippen molar-refractivity contribution >= 4 is 69.4 Å². The van der Waals surface area contributed by atoms with Gasteiger partial charge in [0.2, 0.25) is 11.8 Å². The van der Waals surface area contributed by atoms with Crippen molar-refractivity contribution < 1.29 is 23.9 Å². The number of carbonyl (C=O) groups excluding carboxylic acids is 3. The van der Waals surface area contributed by atoms with Crippen LogP contribution in [0.2, 0.25) is 10.0 Å². The average molecular weight is 637 g/mol. The van der Waals surface area contributed by atoms with Crippen molar-refractivity contribution in [3.05, 3.63) is 93.6 Å². The van der Waals surface area contributed by atoms with Crippen molar-refractivity contribution in [1.29, 1.82) is 0 Å². The standard InChI is InChI=1S/C32H31Cl2N5O5/c1-19-16-27(43-4)22-6-5-7-26(31(22)37-19)44-18-23-24(33)13-14-25(30(23)34)39(3)29(41)17-36-28(40)15-10-20-8-11-21(12-9-20)38-32(42)35-2/h5-16H,17-18H2,1-4H3,(H,36,40)(H2,35,38,42)/b15-10+. The number of para-hydroxylation sites is 1. The van der Waals surface area contributed by atoms with Crippen LogP contribution in [0.25, 0.3) is 17.0 Å². The van der Waals surface area contributed by atoms with Crippen molar-refractivity contribution in [2.75, 3.05) is 38.0 Å². The Labute approximate surface area is 264 Å². The molecule has 0 unspecified atom stereocenters. The van der Waals surface area contributed by atoms with Crippen LogP contribution in [0.1, 0.15) is 16.8 Å². The topological polar surface area (TPSA) is 122 Å². The Morgan fingerprint density at radius 2 is 1.77 bits per heavy atom. The van der Waals surface area contributed by atoms with Crippen LogP contribution in [-0.4, -0.2) is 50.6 Å². The van der Waals surface area contributed by atoms with E-state index in [1.807, 2.05) is 25.1 Å². The first kappa shape index (κ1) is 32.1. The van der Waals surface area contributed by atoms with Crippen LogP contribution in [-0.2, 0) is 16.2 Å². The fourth-order valence-corrected chi connectivity index (χ4v) is 4.85. The maximum atomic E-state index is 12.9. The summed E-state index contributed by atoms with van der Waals surface area (Å²) in [4.78, 5) is 42.7. The van der Waals surface area contributed by atoms with Gasteiger partial charge in [0, 0.05) is 53.6 Å². The molecule has 3 aromatic carbocycles. The van der Waals surface area contributed by atoms with Crippen LogP contribution in [0.15, 0.2) is 66.7 Å². The van der Waals surface area contributed by atoms with E-state index in [2.05, 4.69) is 20.9 Å². The summed E-state index contributed by atoms with van der Waals surface area (Å²) in [6.45, 7) is 1.63. The molecular formula is C32H31Cl2N5O5. The molecule has 0 saturated carbocycles. The van der Waals surface area contributed by atoms with Crippen molar-refractivity contribution in [3.8, 4) is 11.5 Å². The lowest BCUT2D eigenvalue weighted by molar-refractivity contribution is -0.122. The number of urea groups is 1. The Hall–Kier alpha value is -4.80. The number of anilines is 2. The van der Waals surface area contributed by atoms with Gasteiger partial charge in [-0.2, -0.15) is 0 Å². The normalized spacial score (nSPS) is 10.9. The van der Waals surface area contributed by atoms with Gasteiger partial charge in [0.15, 0.2) is 0 Å². The number of halogens is 2. The summed E-state index contributed by atoms with van der Waals surface area (Å²) in [7, 11) is 4.68. The SMILES string of the molecule is CNC(=O)Nc1ccc(/C=C/C(=O)NCC(=O)N(C)c2ccc(Cl)c(COc3cccc4c(OC)cc(C)nc34)c2Cl)cc1. The maximum absolute atomic E-state index is 12.9. The lowest BCUT2D eigenvalue weighted by Crippen LogP contribution is -2.37. The molecule has 10 nitrogen and oxygen atoms in total. The van der Waals surface area contributed by atoms with Gasteiger partial charge in [-0.1, -0.05) is 41.4 Å². The van der Waals surface area contributed by atoms with Gasteiger partial charge < -0.3 is 30.3 Å². The second kappa shape index (κ2) is 14.6. The molecule has 4 aromatic rings. The number of aromatic nitrogens is 1. The smallest absolute Gasteiger partial charge is 0.318 e. The summed E-state index contributed by atoms with van der Waals surface area (Å²) in [5.41, 5.74) is 3.66. The lowest BCUT2D eigenvalue weighted by atomic mass is 10.1. The van der Waals surface area contributed by atoms with Gasteiger partial charge in [0.1, 0.15) is 23.6 Å². The molecule has 12 heteroatoms. The fourth-order valence-electron chi connectivity index (χ4n) is 4.24. The molecule has 3 N–H and O–H groups in total. The Balaban J connectivity index is 1.39. The second-order valence-electron chi connectivity index (χ2n) is 9.60. The zero-order valence-electron chi connectivity index (χ0n) is 24.5. The van der Waals surface area contributed by atoms with E-state index in [1.165, 1.54) is 18.0 Å². The number of methoxy groups -OCH3 is 1. The number of hydrogen-bond donors (Lipinski definition) is 3. The van der Waals surface area contributed by atoms with Gasteiger partial charge >= 0.3 is 6.03 Å². The fraction of sp³-hybridized carbons (Fsp3) is 0.188. The molecule has 0 fully saturated rings. The number of fused-ring (bicyclic) bond motifs is 1. The van der Waals surface area contributed by atoms with Gasteiger partial charge in [0.05, 0.1) is 24.4 Å². The quantitative estimate of drug-likeness (QED) is 0.184. The molecule has 44 heavy (non-hydrogen) atoms. The number of amides is 4. The van der Waals surface area contributed by atoms with Crippen LogP contribution in [0.3, 0.4) is 0 Å². The minimum Gasteiger partial charge on any atom is -0.496 e. The Kier molecular flexibility index (Phi) is 10.6. The van der Waals surface area contributed by atoms with Crippen LogP contribution in [0.5, 0.6) is 11.5 Å². The third-order valence-electron chi connectivity index (χ3n) is 6.62. The molecule has 0 aliphatic rings. The van der Waals surface area contributed by atoms with Gasteiger partial charge in [-0.15, -0.1) is 0 Å². The molecule has 0 spiro atoms. The van der Waals surface area contributed by atoms with Crippen LogP contribution in [0.4, 0.5) is 16.2 Å². The number of carbonyl (C=O) groups is 3. The summed E-state index contributed by atoms with van der Waals surface area (Å²) in [6.07, 6.45) is 2.91. The van der Waals surface area contributed by atoms with Crippen LogP contribution in [0, 0.1) is 6.92 Å². The molecule has 4 amide bonds. The molecular weight excluding hydrogens is 605 g/mol. The maximum Gasteiger partial charge on any atom is 0.318 e. The number of benzene rings is 3. The lowest BCUT2D eigenvalue weighted by Gasteiger charge is -2.21. The first-order valence-corrected chi connectivity index (χ1v) is 14.2. The number of hydrogen-bond acceptors (Lipinski definition) is 6. The van der Waals surface area contributed by atoms with E-state index >= 15 is 0 Å². The first-order chi connectivity index (χ1) is 21.1. The van der Waals surface area contributed by atoms with E-state index in [1.54, 1.807) is 62.7 Å². The summed E-state index contributed by atoms with van der Waals surface area (Å²) in [6, 6.07) is 17.2. The van der Waals surface area contributed by atoms with Gasteiger partial charge in [-0.25, -0.2) is 9.78 Å². The minimum atomic E-state index is -0.453. The van der Waals surface area contributed by atoms with E-state index in [0.29, 0.717) is 39.0 Å². The molecule has 1 heterocycles. The molecule has 4 rings (SSSR count). The van der Waals surface area contributed by atoms with Crippen molar-refractivity contribution in [2.45, 2.75) is 13.5 Å². The number of likely N-dealkylation sites (N-methyl/N-ethyl adjacent to an activating group) is 1. The van der Waals surface area contributed by atoms with Crippen molar-refractivity contribution in [1.82, 2.24) is 15.6 Å². The number of aryl methyl sites for hydroxylation is 1. The Bertz CT molecular complexity index is 1730. The summed E-state index contributed by atoms with van der Waals surface area (Å²) < 4.78 is 11.6. The highest BCUT2D eigenvalue weighted by Gasteiger charge is 2.19. The molecule has 0 saturated heterocycles. The molecule has 1 aromatic heterocycles. The predicted octanol–water partition coefficient (Wildman–Crippen LogP) is 5.98. The monoisotopic (exact) mass is 635 g/mol. The van der Waals surface area contributed by atoms with Gasteiger partial charge in [-0.05, 0) is 55.0 Å². The Morgan fingerprint density at radius 1 is 1.02 bits per heavy atom. The molecule has 0 aliphatic heterocycles. The van der Waals surface area contributed by atoms with Gasteiger partial charge in [0.25, 0.3) is 0 Å². The molecule has 0 atom stereocenters. The highest BCUT2D eigenvalue weighted by Crippen LogP contribution is 2.36.